The molecule has 0 aromatic heterocycles. The average molecular weight is 705 g/mol. The lowest BCUT2D eigenvalue weighted by atomic mass is 10.0. The Balaban J connectivity index is 3.66. The van der Waals surface area contributed by atoms with Crippen LogP contribution in [0.2, 0.25) is 0 Å². The molecule has 0 radical (unpaired) electrons. The van der Waals surface area contributed by atoms with Crippen molar-refractivity contribution in [1.82, 2.24) is 0 Å². The van der Waals surface area contributed by atoms with Crippen LogP contribution < -0.4 is 0 Å². The lowest BCUT2D eigenvalue weighted by Gasteiger charge is -2.16. The SMILES string of the molecule is CC/C=C\C/C=C\C/C=C\C/C=C\C[C@H](O)[C@@H](O)CCCC(=O)OC[C@@H](O)COC(=O)CCCCCCCCCCCCCCCCC(C)C. The van der Waals surface area contributed by atoms with Gasteiger partial charge in [-0.15, -0.1) is 0 Å². The van der Waals surface area contributed by atoms with E-state index in [1.807, 2.05) is 12.2 Å². The van der Waals surface area contributed by atoms with Crippen LogP contribution >= 0.6 is 0 Å². The third kappa shape index (κ3) is 35.6. The maximum Gasteiger partial charge on any atom is 0.305 e. The van der Waals surface area contributed by atoms with Crippen molar-refractivity contribution in [2.24, 2.45) is 5.92 Å². The number of esters is 2. The van der Waals surface area contributed by atoms with E-state index in [2.05, 4.69) is 57.2 Å². The third-order valence-corrected chi connectivity index (χ3v) is 8.71. The second-order valence-electron chi connectivity index (χ2n) is 14.2. The highest BCUT2D eigenvalue weighted by Gasteiger charge is 2.16. The van der Waals surface area contributed by atoms with Crippen LogP contribution in [-0.2, 0) is 19.1 Å². The van der Waals surface area contributed by atoms with Gasteiger partial charge in [0.05, 0.1) is 12.2 Å². The zero-order chi connectivity index (χ0) is 36.9. The molecular formula is C43H76O7. The highest BCUT2D eigenvalue weighted by Crippen LogP contribution is 2.15. The molecule has 0 unspecified atom stereocenters. The average Bonchev–Trinajstić information content (AvgIpc) is 3.09. The molecule has 0 bridgehead atoms. The van der Waals surface area contributed by atoms with Crippen molar-refractivity contribution in [2.75, 3.05) is 13.2 Å². The Morgan fingerprint density at radius 2 is 0.900 bits per heavy atom. The van der Waals surface area contributed by atoms with E-state index in [1.54, 1.807) is 0 Å². The molecule has 290 valence electrons. The Labute approximate surface area is 306 Å². The molecule has 0 fully saturated rings. The number of hydrogen-bond donors (Lipinski definition) is 3. The normalized spacial score (nSPS) is 14.1. The zero-order valence-corrected chi connectivity index (χ0v) is 32.3. The minimum atomic E-state index is -1.07. The number of ether oxygens (including phenoxy) is 2. The van der Waals surface area contributed by atoms with Crippen LogP contribution in [0.25, 0.3) is 0 Å². The lowest BCUT2D eigenvalue weighted by molar-refractivity contribution is -0.152. The number of rotatable bonds is 35. The fraction of sp³-hybridized carbons (Fsp3) is 0.767. The summed E-state index contributed by atoms with van der Waals surface area (Å²) in [6.45, 7) is 6.28. The minimum Gasteiger partial charge on any atom is -0.463 e. The van der Waals surface area contributed by atoms with Gasteiger partial charge in [-0.1, -0.05) is 159 Å². The molecule has 50 heavy (non-hydrogen) atoms. The fourth-order valence-electron chi connectivity index (χ4n) is 5.53. The Hall–Kier alpha value is -2.22. The maximum atomic E-state index is 12.0. The van der Waals surface area contributed by atoms with E-state index in [9.17, 15) is 24.9 Å². The summed E-state index contributed by atoms with van der Waals surface area (Å²) in [5, 5.41) is 30.4. The first-order chi connectivity index (χ1) is 24.3. The highest BCUT2D eigenvalue weighted by atomic mass is 16.6. The van der Waals surface area contributed by atoms with Crippen LogP contribution in [0.3, 0.4) is 0 Å². The Bertz CT molecular complexity index is 892. The second-order valence-corrected chi connectivity index (χ2v) is 14.2. The Morgan fingerprint density at radius 3 is 1.36 bits per heavy atom. The molecule has 0 aromatic carbocycles. The first kappa shape index (κ1) is 47.8. The monoisotopic (exact) mass is 705 g/mol. The van der Waals surface area contributed by atoms with Crippen molar-refractivity contribution < 1.29 is 34.4 Å². The molecule has 7 nitrogen and oxygen atoms in total. The number of aliphatic hydroxyl groups is 3. The van der Waals surface area contributed by atoms with Crippen molar-refractivity contribution in [3.8, 4) is 0 Å². The number of carbonyl (C=O) groups is 2. The molecule has 0 aliphatic heterocycles. The van der Waals surface area contributed by atoms with Gasteiger partial charge in [-0.2, -0.15) is 0 Å². The van der Waals surface area contributed by atoms with Gasteiger partial charge in [0.1, 0.15) is 19.3 Å². The molecule has 0 amide bonds. The quantitative estimate of drug-likeness (QED) is 0.0342. The van der Waals surface area contributed by atoms with Gasteiger partial charge in [0.15, 0.2) is 0 Å². The summed E-state index contributed by atoms with van der Waals surface area (Å²) < 4.78 is 10.2. The summed E-state index contributed by atoms with van der Waals surface area (Å²) in [5.74, 6) is -0.00228. The maximum absolute atomic E-state index is 12.0. The van der Waals surface area contributed by atoms with Crippen molar-refractivity contribution in [1.29, 1.82) is 0 Å². The molecule has 7 heteroatoms. The zero-order valence-electron chi connectivity index (χ0n) is 32.3. The lowest BCUT2D eigenvalue weighted by Crippen LogP contribution is -2.26. The van der Waals surface area contributed by atoms with E-state index in [0.717, 1.165) is 50.9 Å². The fourth-order valence-corrected chi connectivity index (χ4v) is 5.53. The van der Waals surface area contributed by atoms with Crippen molar-refractivity contribution in [2.45, 2.75) is 193 Å². The molecule has 0 rings (SSSR count). The van der Waals surface area contributed by atoms with Gasteiger partial charge in [0.25, 0.3) is 0 Å². The van der Waals surface area contributed by atoms with Crippen molar-refractivity contribution in [3.05, 3.63) is 48.6 Å². The molecule has 0 saturated carbocycles. The number of allylic oxidation sites excluding steroid dienone is 7. The van der Waals surface area contributed by atoms with E-state index in [1.165, 1.54) is 77.0 Å². The Morgan fingerprint density at radius 1 is 0.500 bits per heavy atom. The summed E-state index contributed by atoms with van der Waals surface area (Å²) >= 11 is 0. The molecule has 0 spiro atoms. The van der Waals surface area contributed by atoms with Gasteiger partial charge in [-0.3, -0.25) is 9.59 Å². The van der Waals surface area contributed by atoms with Gasteiger partial charge in [-0.25, -0.2) is 0 Å². The van der Waals surface area contributed by atoms with Gasteiger partial charge >= 0.3 is 11.9 Å². The van der Waals surface area contributed by atoms with E-state index < -0.39 is 24.3 Å². The van der Waals surface area contributed by atoms with Gasteiger partial charge in [0, 0.05) is 12.8 Å². The molecular weight excluding hydrogens is 628 g/mol. The summed E-state index contributed by atoms with van der Waals surface area (Å²) in [5.41, 5.74) is 0. The van der Waals surface area contributed by atoms with E-state index in [-0.39, 0.29) is 32.0 Å². The third-order valence-electron chi connectivity index (χ3n) is 8.71. The van der Waals surface area contributed by atoms with E-state index in [0.29, 0.717) is 19.3 Å². The van der Waals surface area contributed by atoms with Crippen LogP contribution in [0.1, 0.15) is 175 Å². The minimum absolute atomic E-state index is 0.0685. The molecule has 3 N–H and O–H groups in total. The van der Waals surface area contributed by atoms with E-state index >= 15 is 0 Å². The number of aliphatic hydroxyl groups excluding tert-OH is 3. The number of carbonyl (C=O) groups excluding carboxylic acids is 2. The molecule has 3 atom stereocenters. The predicted molar refractivity (Wildman–Crippen MR) is 208 cm³/mol. The molecule has 0 heterocycles. The number of hydrogen-bond acceptors (Lipinski definition) is 7. The second kappa shape index (κ2) is 36.6. The van der Waals surface area contributed by atoms with E-state index in [4.69, 9.17) is 9.47 Å². The first-order valence-corrected chi connectivity index (χ1v) is 20.2. The van der Waals surface area contributed by atoms with Crippen LogP contribution in [-0.4, -0.2) is 58.8 Å². The summed E-state index contributed by atoms with van der Waals surface area (Å²) in [7, 11) is 0. The largest absolute Gasteiger partial charge is 0.463 e. The van der Waals surface area contributed by atoms with Crippen LogP contribution in [0.15, 0.2) is 48.6 Å². The predicted octanol–water partition coefficient (Wildman–Crippen LogP) is 10.4. The highest BCUT2D eigenvalue weighted by molar-refractivity contribution is 5.69. The van der Waals surface area contributed by atoms with Crippen molar-refractivity contribution >= 4 is 11.9 Å². The summed E-state index contributed by atoms with van der Waals surface area (Å²) in [6.07, 6.45) is 37.8. The standard InChI is InChI=1S/C43H76O7/c1-4-5-6-7-8-9-10-16-19-22-25-28-32-40(45)41(46)33-30-35-43(48)50-37-39(44)36-49-42(47)34-29-26-23-20-17-14-12-11-13-15-18-21-24-27-31-38(2)3/h5-6,8-9,16,19,25,28,38-41,44-46H,4,7,10-15,17-18,20-24,26-27,29-37H2,1-3H3/b6-5-,9-8-,19-16-,28-25-/t39-,40-,41-/m0/s1. The molecule has 0 aliphatic rings. The van der Waals surface area contributed by atoms with Gasteiger partial charge < -0.3 is 24.8 Å². The topological polar surface area (TPSA) is 113 Å². The summed E-state index contributed by atoms with van der Waals surface area (Å²) in [4.78, 5) is 24.0. The first-order valence-electron chi connectivity index (χ1n) is 20.2. The molecule has 0 saturated heterocycles. The van der Waals surface area contributed by atoms with Crippen LogP contribution in [0, 0.1) is 5.92 Å². The smallest absolute Gasteiger partial charge is 0.305 e. The van der Waals surface area contributed by atoms with Crippen molar-refractivity contribution in [3.63, 3.8) is 0 Å². The Kier molecular flexibility index (Phi) is 34.9. The van der Waals surface area contributed by atoms with Gasteiger partial charge in [-0.05, 0) is 57.3 Å². The molecule has 0 aromatic rings. The van der Waals surface area contributed by atoms with Crippen LogP contribution in [0.4, 0.5) is 0 Å². The number of unbranched alkanes of at least 4 members (excludes halogenated alkanes) is 13. The summed E-state index contributed by atoms with van der Waals surface area (Å²) in [6, 6.07) is 0. The van der Waals surface area contributed by atoms with Crippen LogP contribution in [0.5, 0.6) is 0 Å². The van der Waals surface area contributed by atoms with Gasteiger partial charge in [0.2, 0.25) is 0 Å². The molecule has 0 aliphatic carbocycles.